The molecule has 114 valence electrons. The molecule has 0 spiro atoms. The van der Waals surface area contributed by atoms with Crippen LogP contribution in [0.2, 0.25) is 5.02 Å². The van der Waals surface area contributed by atoms with Crippen LogP contribution in [0, 0.1) is 16.0 Å². The van der Waals surface area contributed by atoms with Crippen LogP contribution < -0.4 is 5.32 Å². The van der Waals surface area contributed by atoms with Gasteiger partial charge in [0, 0.05) is 12.1 Å². The number of rotatable bonds is 6. The monoisotopic (exact) mass is 314 g/mol. The number of carbonyl (C=O) groups excluding carboxylic acids is 1. The normalized spacial score (nSPS) is 13.3. The molecule has 0 aromatic heterocycles. The van der Waals surface area contributed by atoms with E-state index < -0.39 is 22.8 Å². The third-order valence-electron chi connectivity index (χ3n) is 3.17. The second-order valence-corrected chi connectivity index (χ2v) is 5.00. The number of hydrogen-bond donors (Lipinski definition) is 2. The highest BCUT2D eigenvalue weighted by Crippen LogP contribution is 2.22. The summed E-state index contributed by atoms with van der Waals surface area (Å²) >= 11 is 5.83. The fraction of sp³-hybridized carbons (Fsp3) is 0.385. The zero-order chi connectivity index (χ0) is 16.2. The van der Waals surface area contributed by atoms with E-state index in [9.17, 15) is 19.7 Å². The Morgan fingerprint density at radius 3 is 2.52 bits per heavy atom. The van der Waals surface area contributed by atoms with Crippen molar-refractivity contribution >= 4 is 29.2 Å². The van der Waals surface area contributed by atoms with Crippen LogP contribution >= 0.6 is 11.6 Å². The molecular formula is C13H15ClN2O5. The SMILES string of the molecule is CC[C@H](C)[C@H](NC(=O)c1ccc([N+](=O)[O-])cc1Cl)C(=O)O. The number of amides is 1. The van der Waals surface area contributed by atoms with Gasteiger partial charge in [0.2, 0.25) is 0 Å². The minimum absolute atomic E-state index is 0.00294. The minimum Gasteiger partial charge on any atom is -0.480 e. The number of non-ortho nitro benzene ring substituents is 1. The second kappa shape index (κ2) is 7.03. The summed E-state index contributed by atoms with van der Waals surface area (Å²) in [7, 11) is 0. The zero-order valence-corrected chi connectivity index (χ0v) is 12.3. The van der Waals surface area contributed by atoms with Crippen LogP contribution in [0.5, 0.6) is 0 Å². The molecule has 1 aromatic rings. The maximum absolute atomic E-state index is 12.1. The van der Waals surface area contributed by atoms with Crippen LogP contribution in [0.25, 0.3) is 0 Å². The summed E-state index contributed by atoms with van der Waals surface area (Å²) in [5.41, 5.74) is -0.245. The van der Waals surface area contributed by atoms with Gasteiger partial charge in [-0.1, -0.05) is 31.9 Å². The number of hydrogen-bond acceptors (Lipinski definition) is 4. The number of benzene rings is 1. The number of nitro groups is 1. The molecular weight excluding hydrogens is 300 g/mol. The third-order valence-corrected chi connectivity index (χ3v) is 3.49. The Labute approximate surface area is 126 Å². The lowest BCUT2D eigenvalue weighted by atomic mass is 9.99. The molecule has 1 rings (SSSR count). The van der Waals surface area contributed by atoms with E-state index in [2.05, 4.69) is 5.32 Å². The first kappa shape index (κ1) is 16.9. The van der Waals surface area contributed by atoms with E-state index in [0.29, 0.717) is 6.42 Å². The summed E-state index contributed by atoms with van der Waals surface area (Å²) in [6.45, 7) is 3.52. The summed E-state index contributed by atoms with van der Waals surface area (Å²) < 4.78 is 0. The maximum Gasteiger partial charge on any atom is 0.326 e. The Balaban J connectivity index is 2.98. The topological polar surface area (TPSA) is 110 Å². The van der Waals surface area contributed by atoms with Gasteiger partial charge in [-0.15, -0.1) is 0 Å². The van der Waals surface area contributed by atoms with E-state index in [1.54, 1.807) is 6.92 Å². The fourth-order valence-corrected chi connectivity index (χ4v) is 1.96. The minimum atomic E-state index is -1.14. The predicted octanol–water partition coefficient (Wildman–Crippen LogP) is 2.48. The van der Waals surface area contributed by atoms with Crippen molar-refractivity contribution in [2.45, 2.75) is 26.3 Å². The average Bonchev–Trinajstić information content (AvgIpc) is 2.42. The maximum atomic E-state index is 12.1. The smallest absolute Gasteiger partial charge is 0.326 e. The summed E-state index contributed by atoms with van der Waals surface area (Å²) in [5, 5.41) is 22.0. The van der Waals surface area contributed by atoms with Gasteiger partial charge in [-0.3, -0.25) is 14.9 Å². The van der Waals surface area contributed by atoms with Gasteiger partial charge in [0.15, 0.2) is 0 Å². The van der Waals surface area contributed by atoms with Crippen molar-refractivity contribution < 1.29 is 19.6 Å². The summed E-state index contributed by atoms with van der Waals surface area (Å²) in [4.78, 5) is 33.2. The van der Waals surface area contributed by atoms with Crippen LogP contribution in [0.4, 0.5) is 5.69 Å². The molecule has 0 bridgehead atoms. The van der Waals surface area contributed by atoms with Crippen LogP contribution in [-0.4, -0.2) is 27.9 Å². The Morgan fingerprint density at radius 2 is 2.10 bits per heavy atom. The molecule has 0 fully saturated rings. The van der Waals surface area contributed by atoms with Gasteiger partial charge in [0.05, 0.1) is 15.5 Å². The van der Waals surface area contributed by atoms with Gasteiger partial charge in [-0.05, 0) is 12.0 Å². The number of aliphatic carboxylic acids is 1. The molecule has 1 amide bonds. The van der Waals surface area contributed by atoms with Crippen LogP contribution in [-0.2, 0) is 4.79 Å². The number of halogens is 1. The first-order valence-corrected chi connectivity index (χ1v) is 6.63. The highest BCUT2D eigenvalue weighted by molar-refractivity contribution is 6.34. The Hall–Kier alpha value is -2.15. The van der Waals surface area contributed by atoms with Gasteiger partial charge in [-0.2, -0.15) is 0 Å². The Bertz CT molecular complexity index is 576. The van der Waals surface area contributed by atoms with E-state index in [0.717, 1.165) is 12.1 Å². The fourth-order valence-electron chi connectivity index (χ4n) is 1.70. The van der Waals surface area contributed by atoms with E-state index in [1.807, 2.05) is 6.92 Å². The lowest BCUT2D eigenvalue weighted by molar-refractivity contribution is -0.384. The number of carboxylic acids is 1. The molecule has 8 heteroatoms. The average molecular weight is 315 g/mol. The number of carboxylic acid groups (broad SMARTS) is 1. The van der Waals surface area contributed by atoms with Gasteiger partial charge >= 0.3 is 5.97 Å². The molecule has 0 saturated heterocycles. The van der Waals surface area contributed by atoms with Crippen molar-refractivity contribution in [1.29, 1.82) is 0 Å². The van der Waals surface area contributed by atoms with Gasteiger partial charge in [-0.25, -0.2) is 4.79 Å². The largest absolute Gasteiger partial charge is 0.480 e. The molecule has 7 nitrogen and oxygen atoms in total. The lowest BCUT2D eigenvalue weighted by Crippen LogP contribution is -2.45. The van der Waals surface area contributed by atoms with Gasteiger partial charge < -0.3 is 10.4 Å². The standard InChI is InChI=1S/C13H15ClN2O5/c1-3-7(2)11(13(18)19)15-12(17)9-5-4-8(16(20)21)6-10(9)14/h4-7,11H,3H2,1-2H3,(H,15,17)(H,18,19)/t7-,11-/m0/s1. The van der Waals surface area contributed by atoms with Crippen molar-refractivity contribution in [3.8, 4) is 0 Å². The van der Waals surface area contributed by atoms with Crippen molar-refractivity contribution in [3.05, 3.63) is 38.9 Å². The predicted molar refractivity (Wildman–Crippen MR) is 76.5 cm³/mol. The first-order chi connectivity index (χ1) is 9.77. The highest BCUT2D eigenvalue weighted by Gasteiger charge is 2.26. The number of nitrogens with zero attached hydrogens (tertiary/aromatic N) is 1. The molecule has 21 heavy (non-hydrogen) atoms. The van der Waals surface area contributed by atoms with Crippen LogP contribution in [0.15, 0.2) is 18.2 Å². The number of nitrogens with one attached hydrogen (secondary N) is 1. The molecule has 0 aliphatic carbocycles. The first-order valence-electron chi connectivity index (χ1n) is 6.25. The zero-order valence-electron chi connectivity index (χ0n) is 11.5. The molecule has 0 aliphatic rings. The van der Waals surface area contributed by atoms with E-state index in [-0.39, 0.29) is 22.2 Å². The van der Waals surface area contributed by atoms with Crippen molar-refractivity contribution in [2.24, 2.45) is 5.92 Å². The molecule has 2 N–H and O–H groups in total. The van der Waals surface area contributed by atoms with Crippen molar-refractivity contribution in [3.63, 3.8) is 0 Å². The van der Waals surface area contributed by atoms with Crippen molar-refractivity contribution in [2.75, 3.05) is 0 Å². The van der Waals surface area contributed by atoms with Crippen molar-refractivity contribution in [1.82, 2.24) is 5.32 Å². The van der Waals surface area contributed by atoms with E-state index >= 15 is 0 Å². The van der Waals surface area contributed by atoms with E-state index in [1.165, 1.54) is 6.07 Å². The molecule has 0 aliphatic heterocycles. The third kappa shape index (κ3) is 4.16. The van der Waals surface area contributed by atoms with Gasteiger partial charge in [0.1, 0.15) is 6.04 Å². The summed E-state index contributed by atoms with van der Waals surface area (Å²) in [5.74, 6) is -2.08. The van der Waals surface area contributed by atoms with Gasteiger partial charge in [0.25, 0.3) is 11.6 Å². The number of nitro benzene ring substituents is 1. The second-order valence-electron chi connectivity index (χ2n) is 4.60. The Kier molecular flexibility index (Phi) is 5.66. The molecule has 2 atom stereocenters. The van der Waals surface area contributed by atoms with Crippen LogP contribution in [0.1, 0.15) is 30.6 Å². The number of carbonyl (C=O) groups is 2. The highest BCUT2D eigenvalue weighted by atomic mass is 35.5. The lowest BCUT2D eigenvalue weighted by Gasteiger charge is -2.20. The Morgan fingerprint density at radius 1 is 1.48 bits per heavy atom. The molecule has 0 unspecified atom stereocenters. The quantitative estimate of drug-likeness (QED) is 0.619. The van der Waals surface area contributed by atoms with E-state index in [4.69, 9.17) is 16.7 Å². The molecule has 1 aromatic carbocycles. The molecule has 0 heterocycles. The summed E-state index contributed by atoms with van der Waals surface area (Å²) in [6, 6.07) is 2.34. The summed E-state index contributed by atoms with van der Waals surface area (Å²) in [6.07, 6.45) is 0.575. The van der Waals surface area contributed by atoms with Crippen LogP contribution in [0.3, 0.4) is 0 Å². The molecule has 0 radical (unpaired) electrons. The molecule has 0 saturated carbocycles.